The lowest BCUT2D eigenvalue weighted by Gasteiger charge is -2.17. The van der Waals surface area contributed by atoms with E-state index in [0.717, 1.165) is 41.4 Å². The van der Waals surface area contributed by atoms with Crippen molar-refractivity contribution in [3.63, 3.8) is 0 Å². The van der Waals surface area contributed by atoms with Gasteiger partial charge in [-0.25, -0.2) is 0 Å². The number of hydrogen-bond donors (Lipinski definition) is 0. The Morgan fingerprint density at radius 2 is 1.60 bits per heavy atom. The zero-order valence-electron chi connectivity index (χ0n) is 13.5. The van der Waals surface area contributed by atoms with E-state index in [1.807, 2.05) is 19.9 Å². The molecule has 0 unspecified atom stereocenters. The fourth-order valence-electron chi connectivity index (χ4n) is 2.44. The SMILES string of the molecule is CCCCCCCOc1c(OC)cc(C)c(OC)c1C. The minimum absolute atomic E-state index is 0.729. The van der Waals surface area contributed by atoms with Crippen molar-refractivity contribution in [3.05, 3.63) is 17.2 Å². The van der Waals surface area contributed by atoms with Gasteiger partial charge in [-0.15, -0.1) is 0 Å². The van der Waals surface area contributed by atoms with Gasteiger partial charge in [0.15, 0.2) is 11.5 Å². The van der Waals surface area contributed by atoms with Crippen molar-refractivity contribution in [1.82, 2.24) is 0 Å². The molecule has 0 aliphatic rings. The molecule has 114 valence electrons. The molecule has 0 fully saturated rings. The highest BCUT2D eigenvalue weighted by Gasteiger charge is 2.15. The number of aryl methyl sites for hydroxylation is 1. The van der Waals surface area contributed by atoms with E-state index in [4.69, 9.17) is 14.2 Å². The topological polar surface area (TPSA) is 27.7 Å². The lowest BCUT2D eigenvalue weighted by molar-refractivity contribution is 0.280. The van der Waals surface area contributed by atoms with E-state index in [1.165, 1.54) is 25.7 Å². The summed E-state index contributed by atoms with van der Waals surface area (Å²) in [4.78, 5) is 0. The Bertz CT molecular complexity index is 413. The molecule has 1 rings (SSSR count). The van der Waals surface area contributed by atoms with E-state index in [2.05, 4.69) is 6.92 Å². The summed E-state index contributed by atoms with van der Waals surface area (Å²) >= 11 is 0. The molecule has 0 radical (unpaired) electrons. The molecule has 0 spiro atoms. The minimum Gasteiger partial charge on any atom is -0.496 e. The summed E-state index contributed by atoms with van der Waals surface area (Å²) in [6.07, 6.45) is 6.16. The molecule has 1 aromatic carbocycles. The van der Waals surface area contributed by atoms with Crippen molar-refractivity contribution >= 4 is 0 Å². The van der Waals surface area contributed by atoms with Gasteiger partial charge in [0.05, 0.1) is 20.8 Å². The largest absolute Gasteiger partial charge is 0.496 e. The van der Waals surface area contributed by atoms with Crippen LogP contribution in [-0.4, -0.2) is 20.8 Å². The van der Waals surface area contributed by atoms with Crippen molar-refractivity contribution in [2.45, 2.75) is 52.9 Å². The van der Waals surface area contributed by atoms with Crippen LogP contribution in [-0.2, 0) is 0 Å². The monoisotopic (exact) mass is 280 g/mol. The summed E-state index contributed by atoms with van der Waals surface area (Å²) in [6, 6.07) is 1.97. The lowest BCUT2D eigenvalue weighted by Crippen LogP contribution is -2.03. The third-order valence-corrected chi connectivity index (χ3v) is 3.53. The first kappa shape index (κ1) is 16.7. The average Bonchev–Trinajstić information content (AvgIpc) is 2.44. The van der Waals surface area contributed by atoms with Gasteiger partial charge in [-0.05, 0) is 31.9 Å². The first-order chi connectivity index (χ1) is 9.65. The molecule has 1 aromatic rings. The highest BCUT2D eigenvalue weighted by molar-refractivity contribution is 5.57. The number of rotatable bonds is 9. The average molecular weight is 280 g/mol. The Kier molecular flexibility index (Phi) is 7.27. The molecule has 0 N–H and O–H groups in total. The molecule has 3 nitrogen and oxygen atoms in total. The standard InChI is InChI=1S/C17H28O3/c1-6-7-8-9-10-11-20-17-14(3)16(19-5)13(2)12-15(17)18-4/h12H,6-11H2,1-5H3. The van der Waals surface area contributed by atoms with Crippen molar-refractivity contribution in [2.24, 2.45) is 0 Å². The molecule has 0 aliphatic carbocycles. The Morgan fingerprint density at radius 3 is 2.20 bits per heavy atom. The smallest absolute Gasteiger partial charge is 0.167 e. The number of benzene rings is 1. The van der Waals surface area contributed by atoms with Gasteiger partial charge >= 0.3 is 0 Å². The molecule has 0 atom stereocenters. The highest BCUT2D eigenvalue weighted by Crippen LogP contribution is 2.39. The van der Waals surface area contributed by atoms with Crippen LogP contribution < -0.4 is 14.2 Å². The van der Waals surface area contributed by atoms with Crippen LogP contribution in [0.3, 0.4) is 0 Å². The van der Waals surface area contributed by atoms with Crippen LogP contribution in [0.5, 0.6) is 17.2 Å². The van der Waals surface area contributed by atoms with E-state index in [9.17, 15) is 0 Å². The molecule has 0 heterocycles. The predicted octanol–water partition coefficient (Wildman–Crippen LogP) is 4.67. The molecular formula is C17H28O3. The van der Waals surface area contributed by atoms with Crippen LogP contribution in [0.2, 0.25) is 0 Å². The quantitative estimate of drug-likeness (QED) is 0.615. The third kappa shape index (κ3) is 4.32. The van der Waals surface area contributed by atoms with E-state index >= 15 is 0 Å². The maximum Gasteiger partial charge on any atom is 0.167 e. The molecule has 0 bridgehead atoms. The van der Waals surface area contributed by atoms with E-state index in [-0.39, 0.29) is 0 Å². The zero-order chi connectivity index (χ0) is 15.0. The van der Waals surface area contributed by atoms with Gasteiger partial charge in [0.1, 0.15) is 5.75 Å². The van der Waals surface area contributed by atoms with Gasteiger partial charge in [0.25, 0.3) is 0 Å². The summed E-state index contributed by atoms with van der Waals surface area (Å²) in [5.74, 6) is 2.48. The molecule has 0 aromatic heterocycles. The number of hydrogen-bond acceptors (Lipinski definition) is 3. The summed E-state index contributed by atoms with van der Waals surface area (Å²) in [7, 11) is 3.37. The Hall–Kier alpha value is -1.38. The molecule has 20 heavy (non-hydrogen) atoms. The maximum atomic E-state index is 5.93. The van der Waals surface area contributed by atoms with E-state index in [1.54, 1.807) is 14.2 Å². The zero-order valence-corrected chi connectivity index (χ0v) is 13.5. The maximum absolute atomic E-state index is 5.93. The summed E-state index contributed by atoms with van der Waals surface area (Å²) in [5, 5.41) is 0. The van der Waals surface area contributed by atoms with Crippen molar-refractivity contribution < 1.29 is 14.2 Å². The molecule has 0 saturated heterocycles. The number of unbranched alkanes of at least 4 members (excludes halogenated alkanes) is 4. The molecular weight excluding hydrogens is 252 g/mol. The van der Waals surface area contributed by atoms with Crippen LogP contribution in [0.25, 0.3) is 0 Å². The second kappa shape index (κ2) is 8.72. The van der Waals surface area contributed by atoms with Crippen LogP contribution in [0.4, 0.5) is 0 Å². The van der Waals surface area contributed by atoms with Crippen molar-refractivity contribution in [2.75, 3.05) is 20.8 Å². The minimum atomic E-state index is 0.729. The van der Waals surface area contributed by atoms with Gasteiger partial charge in [0.2, 0.25) is 0 Å². The second-order valence-electron chi connectivity index (χ2n) is 5.15. The summed E-state index contributed by atoms with van der Waals surface area (Å²) in [5.41, 5.74) is 2.08. The first-order valence-corrected chi connectivity index (χ1v) is 7.50. The fourth-order valence-corrected chi connectivity index (χ4v) is 2.44. The number of methoxy groups -OCH3 is 2. The van der Waals surface area contributed by atoms with E-state index in [0.29, 0.717) is 0 Å². The van der Waals surface area contributed by atoms with Crippen molar-refractivity contribution in [3.8, 4) is 17.2 Å². The molecule has 0 aliphatic heterocycles. The fraction of sp³-hybridized carbons (Fsp3) is 0.647. The summed E-state index contributed by atoms with van der Waals surface area (Å²) < 4.78 is 16.8. The van der Waals surface area contributed by atoms with Crippen LogP contribution in [0, 0.1) is 13.8 Å². The predicted molar refractivity (Wildman–Crippen MR) is 83.3 cm³/mol. The van der Waals surface area contributed by atoms with Crippen LogP contribution in [0.1, 0.15) is 50.2 Å². The van der Waals surface area contributed by atoms with Gasteiger partial charge in [0, 0.05) is 5.56 Å². The Morgan fingerprint density at radius 1 is 0.900 bits per heavy atom. The van der Waals surface area contributed by atoms with Crippen molar-refractivity contribution in [1.29, 1.82) is 0 Å². The molecule has 3 heteroatoms. The van der Waals surface area contributed by atoms with Gasteiger partial charge < -0.3 is 14.2 Å². The normalized spacial score (nSPS) is 10.4. The van der Waals surface area contributed by atoms with Gasteiger partial charge in [-0.2, -0.15) is 0 Å². The Labute approximate surface area is 123 Å². The van der Waals surface area contributed by atoms with E-state index < -0.39 is 0 Å². The first-order valence-electron chi connectivity index (χ1n) is 7.50. The molecule has 0 amide bonds. The molecule has 0 saturated carbocycles. The van der Waals surface area contributed by atoms with Crippen LogP contribution >= 0.6 is 0 Å². The Balaban J connectivity index is 2.68. The number of ether oxygens (including phenoxy) is 3. The summed E-state index contributed by atoms with van der Waals surface area (Å²) in [6.45, 7) is 6.99. The second-order valence-corrected chi connectivity index (χ2v) is 5.15. The van der Waals surface area contributed by atoms with Crippen LogP contribution in [0.15, 0.2) is 6.07 Å². The lowest BCUT2D eigenvalue weighted by atomic mass is 10.1. The van der Waals surface area contributed by atoms with Gasteiger partial charge in [-0.1, -0.05) is 32.6 Å². The third-order valence-electron chi connectivity index (χ3n) is 3.53. The highest BCUT2D eigenvalue weighted by atomic mass is 16.5. The van der Waals surface area contributed by atoms with Gasteiger partial charge in [-0.3, -0.25) is 0 Å².